The molecule has 0 saturated carbocycles. The summed E-state index contributed by atoms with van der Waals surface area (Å²) >= 11 is 0. The lowest BCUT2D eigenvalue weighted by Gasteiger charge is -2.17. The molecule has 0 aliphatic rings. The number of rotatable bonds is 5. The van der Waals surface area contributed by atoms with Gasteiger partial charge in [-0.15, -0.1) is 0 Å². The topological polar surface area (TPSA) is 0 Å². The molecule has 0 unspecified atom stereocenters. The van der Waals surface area contributed by atoms with E-state index in [9.17, 15) is 0 Å². The van der Waals surface area contributed by atoms with Crippen LogP contribution in [0.1, 0.15) is 0 Å². The van der Waals surface area contributed by atoms with Gasteiger partial charge in [-0.2, -0.15) is 0 Å². The summed E-state index contributed by atoms with van der Waals surface area (Å²) in [5.41, 5.74) is 12.3. The number of hydrogen-bond acceptors (Lipinski definition) is 0. The molecule has 0 radical (unpaired) electrons. The van der Waals surface area contributed by atoms with Crippen LogP contribution in [0.5, 0.6) is 0 Å². The minimum absolute atomic E-state index is 1.21. The second kappa shape index (κ2) is 13.2. The molecule has 11 aromatic carbocycles. The summed E-state index contributed by atoms with van der Waals surface area (Å²) in [6.07, 6.45) is 0. The predicted octanol–water partition coefficient (Wildman–Crippen LogP) is 15.8. The smallest absolute Gasteiger partial charge is 0.00928 e. The summed E-state index contributed by atoms with van der Waals surface area (Å²) in [6.45, 7) is 0. The van der Waals surface area contributed by atoms with Crippen LogP contribution in [0, 0.1) is 0 Å². The summed E-state index contributed by atoms with van der Waals surface area (Å²) in [4.78, 5) is 0. The molecule has 11 rings (SSSR count). The van der Waals surface area contributed by atoms with Gasteiger partial charge >= 0.3 is 0 Å². The van der Waals surface area contributed by atoms with Crippen molar-refractivity contribution in [3.63, 3.8) is 0 Å². The van der Waals surface area contributed by atoms with Crippen LogP contribution in [0.3, 0.4) is 0 Å². The van der Waals surface area contributed by atoms with E-state index in [1.54, 1.807) is 0 Å². The van der Waals surface area contributed by atoms with Crippen LogP contribution in [-0.2, 0) is 0 Å². The maximum absolute atomic E-state index is 2.43. The molecular formula is C56H36. The highest BCUT2D eigenvalue weighted by Crippen LogP contribution is 2.43. The van der Waals surface area contributed by atoms with Gasteiger partial charge in [0, 0.05) is 0 Å². The molecule has 0 fully saturated rings. The molecule has 56 heavy (non-hydrogen) atoms. The van der Waals surface area contributed by atoms with E-state index in [2.05, 4.69) is 218 Å². The highest BCUT2D eigenvalue weighted by atomic mass is 14.2. The van der Waals surface area contributed by atoms with Gasteiger partial charge in [0.1, 0.15) is 0 Å². The van der Waals surface area contributed by atoms with Crippen LogP contribution in [0.2, 0.25) is 0 Å². The SMILES string of the molecule is c1ccc(-c2cc3ccccc3cc2-c2ccc3c(c2)c(-c2ccc4ccccc4c2)cc2cc(-c4cccc5c(-c6ccccc6)cccc45)ccc23)cc1. The minimum atomic E-state index is 1.21. The van der Waals surface area contributed by atoms with E-state index in [0.29, 0.717) is 0 Å². The van der Waals surface area contributed by atoms with Crippen LogP contribution in [0.4, 0.5) is 0 Å². The third-order valence-corrected chi connectivity index (χ3v) is 11.6. The highest BCUT2D eigenvalue weighted by Gasteiger charge is 2.16. The maximum atomic E-state index is 2.43. The highest BCUT2D eigenvalue weighted by molar-refractivity contribution is 6.17. The molecule has 0 aliphatic carbocycles. The Kier molecular flexibility index (Phi) is 7.60. The summed E-state index contributed by atoms with van der Waals surface area (Å²) in [7, 11) is 0. The van der Waals surface area contributed by atoms with Crippen molar-refractivity contribution in [1.29, 1.82) is 0 Å². The van der Waals surface area contributed by atoms with E-state index < -0.39 is 0 Å². The van der Waals surface area contributed by atoms with Crippen molar-refractivity contribution < 1.29 is 0 Å². The molecule has 11 aromatic rings. The average molecular weight is 709 g/mol. The van der Waals surface area contributed by atoms with Crippen molar-refractivity contribution in [2.75, 3.05) is 0 Å². The zero-order valence-electron chi connectivity index (χ0n) is 30.8. The molecule has 0 atom stereocenters. The van der Waals surface area contributed by atoms with Crippen LogP contribution in [-0.4, -0.2) is 0 Å². The fourth-order valence-corrected chi connectivity index (χ4v) is 8.86. The van der Waals surface area contributed by atoms with Crippen molar-refractivity contribution >= 4 is 53.9 Å². The van der Waals surface area contributed by atoms with Crippen LogP contribution in [0.25, 0.3) is 109 Å². The van der Waals surface area contributed by atoms with Gasteiger partial charge in [-0.1, -0.05) is 182 Å². The van der Waals surface area contributed by atoms with Crippen LogP contribution in [0.15, 0.2) is 218 Å². The molecule has 0 bridgehead atoms. The molecule has 0 amide bonds. The van der Waals surface area contributed by atoms with Gasteiger partial charge in [0.25, 0.3) is 0 Å². The third kappa shape index (κ3) is 5.46. The van der Waals surface area contributed by atoms with Gasteiger partial charge in [0.05, 0.1) is 0 Å². The summed E-state index contributed by atoms with van der Waals surface area (Å²) in [6, 6.07) is 80.5. The lowest BCUT2D eigenvalue weighted by Crippen LogP contribution is -1.90. The number of fused-ring (bicyclic) bond motifs is 6. The van der Waals surface area contributed by atoms with Gasteiger partial charge in [0.15, 0.2) is 0 Å². The van der Waals surface area contributed by atoms with Crippen molar-refractivity contribution in [1.82, 2.24) is 0 Å². The molecule has 0 aromatic heterocycles. The van der Waals surface area contributed by atoms with Gasteiger partial charge in [-0.25, -0.2) is 0 Å². The van der Waals surface area contributed by atoms with Crippen LogP contribution < -0.4 is 0 Å². The molecule has 0 heterocycles. The maximum Gasteiger partial charge on any atom is -0.00928 e. The summed E-state index contributed by atoms with van der Waals surface area (Å²) in [5.74, 6) is 0. The molecule has 0 N–H and O–H groups in total. The number of benzene rings is 11. The Morgan fingerprint density at radius 2 is 0.607 bits per heavy atom. The Labute approximate surface area is 326 Å². The van der Waals surface area contributed by atoms with Crippen molar-refractivity contribution in [2.45, 2.75) is 0 Å². The Morgan fingerprint density at radius 1 is 0.161 bits per heavy atom. The molecule has 0 heteroatoms. The van der Waals surface area contributed by atoms with Crippen LogP contribution >= 0.6 is 0 Å². The molecule has 260 valence electrons. The predicted molar refractivity (Wildman–Crippen MR) is 241 cm³/mol. The minimum Gasteiger partial charge on any atom is -0.0622 e. The molecule has 0 spiro atoms. The van der Waals surface area contributed by atoms with E-state index in [0.717, 1.165) is 0 Å². The summed E-state index contributed by atoms with van der Waals surface area (Å²) in [5, 5.41) is 12.5. The lowest BCUT2D eigenvalue weighted by atomic mass is 9.87. The quantitative estimate of drug-likeness (QED) is 0.156. The van der Waals surface area contributed by atoms with Crippen molar-refractivity contribution in [3.8, 4) is 55.6 Å². The second-order valence-corrected chi connectivity index (χ2v) is 14.9. The fraction of sp³-hybridized carbons (Fsp3) is 0. The van der Waals surface area contributed by atoms with Gasteiger partial charge in [-0.3, -0.25) is 0 Å². The van der Waals surface area contributed by atoms with E-state index in [-0.39, 0.29) is 0 Å². The molecule has 0 nitrogen and oxygen atoms in total. The molecule has 0 saturated heterocycles. The van der Waals surface area contributed by atoms with E-state index in [1.165, 1.54) is 109 Å². The second-order valence-electron chi connectivity index (χ2n) is 14.9. The van der Waals surface area contributed by atoms with Gasteiger partial charge < -0.3 is 0 Å². The standard InChI is InChI=1S/C56H36/c1-3-14-38(15-4-1)47-21-11-24-51-48(22-12-23-50(47)51)43-27-29-49-46(32-43)36-55(44-26-25-37-13-7-8-18-40(37)31-44)56-35-45(28-30-52(49)56)54-34-42-20-10-9-19-41(42)33-53(54)39-16-5-2-6-17-39/h1-36H. The third-order valence-electron chi connectivity index (χ3n) is 11.6. The monoisotopic (exact) mass is 708 g/mol. The summed E-state index contributed by atoms with van der Waals surface area (Å²) < 4.78 is 0. The first-order valence-corrected chi connectivity index (χ1v) is 19.4. The Balaban J connectivity index is 1.15. The Morgan fingerprint density at radius 3 is 1.27 bits per heavy atom. The lowest BCUT2D eigenvalue weighted by molar-refractivity contribution is 1.61. The Hall–Kier alpha value is -7.28. The van der Waals surface area contributed by atoms with Crippen molar-refractivity contribution in [3.05, 3.63) is 218 Å². The average Bonchev–Trinajstić information content (AvgIpc) is 3.28. The largest absolute Gasteiger partial charge is 0.0622 e. The normalized spacial score (nSPS) is 11.6. The first-order valence-electron chi connectivity index (χ1n) is 19.4. The number of hydrogen-bond donors (Lipinski definition) is 0. The first-order chi connectivity index (χ1) is 27.7. The van der Waals surface area contributed by atoms with Gasteiger partial charge in [-0.05, 0) is 146 Å². The Bertz CT molecular complexity index is 3280. The fourth-order valence-electron chi connectivity index (χ4n) is 8.86. The van der Waals surface area contributed by atoms with E-state index in [1.807, 2.05) is 0 Å². The molecular weight excluding hydrogens is 673 g/mol. The molecule has 0 aliphatic heterocycles. The van der Waals surface area contributed by atoms with Crippen molar-refractivity contribution in [2.24, 2.45) is 0 Å². The zero-order valence-corrected chi connectivity index (χ0v) is 30.8. The van der Waals surface area contributed by atoms with Gasteiger partial charge in [0.2, 0.25) is 0 Å². The first kappa shape index (κ1) is 32.2. The van der Waals surface area contributed by atoms with E-state index >= 15 is 0 Å². The zero-order chi connectivity index (χ0) is 37.0. The van der Waals surface area contributed by atoms with E-state index in [4.69, 9.17) is 0 Å².